The lowest BCUT2D eigenvalue weighted by Crippen LogP contribution is -2.19. The molecular weight excluding hydrogens is 204 g/mol. The minimum Gasteiger partial charge on any atom is -0.508 e. The zero-order valence-electron chi connectivity index (χ0n) is 9.13. The van der Waals surface area contributed by atoms with Crippen molar-refractivity contribution in [3.63, 3.8) is 0 Å². The van der Waals surface area contributed by atoms with Crippen LogP contribution in [0.1, 0.15) is 19.3 Å². The van der Waals surface area contributed by atoms with E-state index in [9.17, 15) is 0 Å². The van der Waals surface area contributed by atoms with Gasteiger partial charge in [-0.15, -0.1) is 0 Å². The summed E-state index contributed by atoms with van der Waals surface area (Å²) in [5, 5.41) is 9.14. The molecule has 0 radical (unpaired) electrons. The molecule has 3 rings (SSSR count). The highest BCUT2D eigenvalue weighted by atomic mass is 16.6. The standard InChI is InChI=1S/C13H16O3/c14-10-2-4-11(5-3-10)15-8-9-1-6-12-13(7-9)16-12/h2-5,9,12-14H,1,6-8H2. The monoisotopic (exact) mass is 220 g/mol. The molecule has 1 N–H and O–H groups in total. The molecule has 1 aliphatic heterocycles. The average molecular weight is 220 g/mol. The molecule has 1 saturated carbocycles. The van der Waals surface area contributed by atoms with Crippen LogP contribution in [0, 0.1) is 5.92 Å². The molecule has 2 aliphatic rings. The first-order valence-corrected chi connectivity index (χ1v) is 5.88. The number of aromatic hydroxyl groups is 1. The van der Waals surface area contributed by atoms with E-state index in [0.29, 0.717) is 18.1 Å². The third-order valence-electron chi connectivity index (χ3n) is 3.44. The van der Waals surface area contributed by atoms with Crippen LogP contribution in [-0.2, 0) is 4.74 Å². The number of hydrogen-bond donors (Lipinski definition) is 1. The van der Waals surface area contributed by atoms with Crippen LogP contribution in [0.5, 0.6) is 11.5 Å². The maximum Gasteiger partial charge on any atom is 0.119 e. The van der Waals surface area contributed by atoms with Crippen LogP contribution >= 0.6 is 0 Å². The second-order valence-corrected chi connectivity index (χ2v) is 4.70. The number of phenols is 1. The first-order chi connectivity index (χ1) is 7.81. The van der Waals surface area contributed by atoms with E-state index in [-0.39, 0.29) is 5.75 Å². The molecule has 0 amide bonds. The van der Waals surface area contributed by atoms with Gasteiger partial charge in [-0.25, -0.2) is 0 Å². The molecule has 1 aromatic rings. The Balaban J connectivity index is 1.50. The summed E-state index contributed by atoms with van der Waals surface area (Å²) in [6, 6.07) is 6.90. The predicted molar refractivity (Wildman–Crippen MR) is 59.6 cm³/mol. The molecule has 3 heteroatoms. The van der Waals surface area contributed by atoms with Gasteiger partial charge in [-0.05, 0) is 49.4 Å². The van der Waals surface area contributed by atoms with Gasteiger partial charge in [-0.3, -0.25) is 0 Å². The summed E-state index contributed by atoms with van der Waals surface area (Å²) in [4.78, 5) is 0. The van der Waals surface area contributed by atoms with Crippen LogP contribution in [0.25, 0.3) is 0 Å². The molecule has 2 fully saturated rings. The Morgan fingerprint density at radius 1 is 1.19 bits per heavy atom. The number of hydrogen-bond acceptors (Lipinski definition) is 3. The van der Waals surface area contributed by atoms with Crippen LogP contribution < -0.4 is 4.74 Å². The van der Waals surface area contributed by atoms with Gasteiger partial charge in [0.1, 0.15) is 11.5 Å². The zero-order chi connectivity index (χ0) is 11.0. The van der Waals surface area contributed by atoms with Crippen molar-refractivity contribution < 1.29 is 14.6 Å². The minimum absolute atomic E-state index is 0.277. The van der Waals surface area contributed by atoms with Gasteiger partial charge < -0.3 is 14.6 Å². The summed E-state index contributed by atoms with van der Waals surface area (Å²) in [5.41, 5.74) is 0. The predicted octanol–water partition coefficient (Wildman–Crippen LogP) is 2.34. The van der Waals surface area contributed by atoms with E-state index < -0.39 is 0 Å². The number of ether oxygens (including phenoxy) is 2. The van der Waals surface area contributed by atoms with Gasteiger partial charge in [0, 0.05) is 0 Å². The highest BCUT2D eigenvalue weighted by molar-refractivity contribution is 5.30. The highest BCUT2D eigenvalue weighted by Crippen LogP contribution is 2.39. The number of fused-ring (bicyclic) bond motifs is 1. The van der Waals surface area contributed by atoms with Gasteiger partial charge in [0.2, 0.25) is 0 Å². The summed E-state index contributed by atoms with van der Waals surface area (Å²) >= 11 is 0. The van der Waals surface area contributed by atoms with E-state index in [1.807, 2.05) is 0 Å². The Kier molecular flexibility index (Phi) is 2.48. The molecule has 1 heterocycles. The molecule has 1 aliphatic carbocycles. The molecule has 0 aromatic heterocycles. The van der Waals surface area contributed by atoms with Crippen LogP contribution in [-0.4, -0.2) is 23.9 Å². The fraction of sp³-hybridized carbons (Fsp3) is 0.538. The number of phenolic OH excluding ortho intramolecular Hbond substituents is 1. The summed E-state index contributed by atoms with van der Waals surface area (Å²) in [6.45, 7) is 0.761. The van der Waals surface area contributed by atoms with E-state index in [1.165, 1.54) is 12.8 Å². The van der Waals surface area contributed by atoms with Crippen molar-refractivity contribution in [1.29, 1.82) is 0 Å². The largest absolute Gasteiger partial charge is 0.508 e. The molecular formula is C13H16O3. The maximum absolute atomic E-state index is 9.14. The van der Waals surface area contributed by atoms with Crippen LogP contribution in [0.3, 0.4) is 0 Å². The lowest BCUT2D eigenvalue weighted by atomic mass is 9.90. The fourth-order valence-electron chi connectivity index (χ4n) is 2.39. The molecule has 3 unspecified atom stereocenters. The topological polar surface area (TPSA) is 42.0 Å². The smallest absolute Gasteiger partial charge is 0.119 e. The molecule has 0 spiro atoms. The Hall–Kier alpha value is -1.22. The van der Waals surface area contributed by atoms with Gasteiger partial charge in [-0.2, -0.15) is 0 Å². The second kappa shape index (κ2) is 3.98. The van der Waals surface area contributed by atoms with Gasteiger partial charge >= 0.3 is 0 Å². The van der Waals surface area contributed by atoms with Crippen LogP contribution in [0.4, 0.5) is 0 Å². The first-order valence-electron chi connectivity index (χ1n) is 5.88. The number of benzene rings is 1. The summed E-state index contributed by atoms with van der Waals surface area (Å²) in [5.74, 6) is 1.73. The molecule has 3 atom stereocenters. The minimum atomic E-state index is 0.277. The van der Waals surface area contributed by atoms with Crippen molar-refractivity contribution in [3.05, 3.63) is 24.3 Å². The van der Waals surface area contributed by atoms with Gasteiger partial charge in [0.15, 0.2) is 0 Å². The number of epoxide rings is 1. The summed E-state index contributed by atoms with van der Waals surface area (Å²) in [7, 11) is 0. The first kappa shape index (κ1) is 9.97. The van der Waals surface area contributed by atoms with Gasteiger partial charge in [0.25, 0.3) is 0 Å². The summed E-state index contributed by atoms with van der Waals surface area (Å²) < 4.78 is 11.2. The quantitative estimate of drug-likeness (QED) is 0.795. The van der Waals surface area contributed by atoms with Crippen molar-refractivity contribution in [3.8, 4) is 11.5 Å². The fourth-order valence-corrected chi connectivity index (χ4v) is 2.39. The number of rotatable bonds is 3. The molecule has 86 valence electrons. The second-order valence-electron chi connectivity index (χ2n) is 4.70. The van der Waals surface area contributed by atoms with Gasteiger partial charge in [-0.1, -0.05) is 0 Å². The van der Waals surface area contributed by atoms with Crippen molar-refractivity contribution in [2.75, 3.05) is 6.61 Å². The molecule has 0 bridgehead atoms. The molecule has 1 saturated heterocycles. The Morgan fingerprint density at radius 2 is 2.00 bits per heavy atom. The normalized spacial score (nSPS) is 31.9. The van der Waals surface area contributed by atoms with E-state index in [4.69, 9.17) is 14.6 Å². The lowest BCUT2D eigenvalue weighted by molar-refractivity contribution is 0.217. The third-order valence-corrected chi connectivity index (χ3v) is 3.44. The average Bonchev–Trinajstić information content (AvgIpc) is 3.06. The van der Waals surface area contributed by atoms with Crippen molar-refractivity contribution in [2.45, 2.75) is 31.5 Å². The van der Waals surface area contributed by atoms with E-state index in [1.54, 1.807) is 24.3 Å². The summed E-state index contributed by atoms with van der Waals surface area (Å²) in [6.07, 6.45) is 4.61. The Morgan fingerprint density at radius 3 is 2.75 bits per heavy atom. The van der Waals surface area contributed by atoms with Crippen molar-refractivity contribution in [2.24, 2.45) is 5.92 Å². The third kappa shape index (κ3) is 2.14. The van der Waals surface area contributed by atoms with E-state index in [0.717, 1.165) is 18.8 Å². The Bertz CT molecular complexity index is 360. The van der Waals surface area contributed by atoms with Crippen molar-refractivity contribution in [1.82, 2.24) is 0 Å². The lowest BCUT2D eigenvalue weighted by Gasteiger charge is -2.19. The molecule has 3 nitrogen and oxygen atoms in total. The van der Waals surface area contributed by atoms with E-state index in [2.05, 4.69) is 0 Å². The zero-order valence-corrected chi connectivity index (χ0v) is 9.13. The SMILES string of the molecule is Oc1ccc(OCC2CCC3OC3C2)cc1. The Labute approximate surface area is 95.0 Å². The van der Waals surface area contributed by atoms with Gasteiger partial charge in [0.05, 0.1) is 18.8 Å². The van der Waals surface area contributed by atoms with Crippen LogP contribution in [0.15, 0.2) is 24.3 Å². The molecule has 1 aromatic carbocycles. The maximum atomic E-state index is 9.14. The van der Waals surface area contributed by atoms with Crippen molar-refractivity contribution >= 4 is 0 Å². The van der Waals surface area contributed by atoms with E-state index >= 15 is 0 Å². The highest BCUT2D eigenvalue weighted by Gasteiger charge is 2.43. The van der Waals surface area contributed by atoms with Crippen LogP contribution in [0.2, 0.25) is 0 Å². The molecule has 16 heavy (non-hydrogen) atoms.